The maximum atomic E-state index is 12.7. The lowest BCUT2D eigenvalue weighted by Gasteiger charge is -2.42. The zero-order valence-electron chi connectivity index (χ0n) is 16.4. The SMILES string of the molecule is C=C(C)C(=O)N[C@@H](CC(C)C)C(=O)NC1CCCC(C)(C(C)C)C1. The molecule has 0 saturated heterocycles. The number of rotatable bonds is 7. The molecule has 0 aromatic carbocycles. The van der Waals surface area contributed by atoms with E-state index < -0.39 is 6.04 Å². The Morgan fingerprint density at radius 3 is 2.38 bits per heavy atom. The van der Waals surface area contributed by atoms with E-state index in [9.17, 15) is 9.59 Å². The van der Waals surface area contributed by atoms with Crippen molar-refractivity contribution in [1.29, 1.82) is 0 Å². The highest BCUT2D eigenvalue weighted by molar-refractivity contribution is 5.96. The summed E-state index contributed by atoms with van der Waals surface area (Å²) in [4.78, 5) is 24.7. The largest absolute Gasteiger partial charge is 0.352 e. The van der Waals surface area contributed by atoms with Crippen LogP contribution in [-0.4, -0.2) is 23.9 Å². The van der Waals surface area contributed by atoms with Crippen molar-refractivity contribution < 1.29 is 9.59 Å². The van der Waals surface area contributed by atoms with Crippen LogP contribution in [0.25, 0.3) is 0 Å². The maximum absolute atomic E-state index is 12.7. The first kappa shape index (κ1) is 20.7. The first-order chi connectivity index (χ1) is 11.0. The summed E-state index contributed by atoms with van der Waals surface area (Å²) in [5.74, 6) is 0.632. The van der Waals surface area contributed by atoms with Gasteiger partial charge in [0.2, 0.25) is 11.8 Å². The van der Waals surface area contributed by atoms with E-state index >= 15 is 0 Å². The molecule has 3 atom stereocenters. The fourth-order valence-electron chi connectivity index (χ4n) is 3.45. The van der Waals surface area contributed by atoms with Gasteiger partial charge in [0.1, 0.15) is 6.04 Å². The van der Waals surface area contributed by atoms with Crippen LogP contribution in [-0.2, 0) is 9.59 Å². The molecule has 0 aromatic heterocycles. The van der Waals surface area contributed by atoms with Gasteiger partial charge in [-0.3, -0.25) is 9.59 Å². The summed E-state index contributed by atoms with van der Waals surface area (Å²) in [5, 5.41) is 6.03. The quantitative estimate of drug-likeness (QED) is 0.695. The summed E-state index contributed by atoms with van der Waals surface area (Å²) >= 11 is 0. The molecule has 0 bridgehead atoms. The summed E-state index contributed by atoms with van der Waals surface area (Å²) in [6.07, 6.45) is 5.04. The highest BCUT2D eigenvalue weighted by atomic mass is 16.2. The molecule has 138 valence electrons. The lowest BCUT2D eigenvalue weighted by atomic mass is 9.67. The van der Waals surface area contributed by atoms with E-state index in [2.05, 4.69) is 51.8 Å². The van der Waals surface area contributed by atoms with Gasteiger partial charge in [-0.15, -0.1) is 0 Å². The van der Waals surface area contributed by atoms with Crippen LogP contribution in [0.3, 0.4) is 0 Å². The Morgan fingerprint density at radius 1 is 1.25 bits per heavy atom. The molecule has 1 fully saturated rings. The molecule has 2 amide bonds. The van der Waals surface area contributed by atoms with Crippen molar-refractivity contribution in [1.82, 2.24) is 10.6 Å². The molecule has 0 spiro atoms. The third-order valence-corrected chi connectivity index (χ3v) is 5.47. The Labute approximate surface area is 147 Å². The Kier molecular flexibility index (Phi) is 7.50. The van der Waals surface area contributed by atoms with E-state index in [-0.39, 0.29) is 23.3 Å². The van der Waals surface area contributed by atoms with Crippen LogP contribution in [0.15, 0.2) is 12.2 Å². The van der Waals surface area contributed by atoms with Gasteiger partial charge in [0.05, 0.1) is 0 Å². The van der Waals surface area contributed by atoms with Crippen LogP contribution < -0.4 is 10.6 Å². The minimum Gasteiger partial charge on any atom is -0.352 e. The maximum Gasteiger partial charge on any atom is 0.246 e. The summed E-state index contributed by atoms with van der Waals surface area (Å²) in [6.45, 7) is 16.3. The average Bonchev–Trinajstić information content (AvgIpc) is 2.45. The molecule has 1 aliphatic rings. The normalized spacial score (nSPS) is 25.4. The Morgan fingerprint density at radius 2 is 1.88 bits per heavy atom. The van der Waals surface area contributed by atoms with Crippen LogP contribution in [0.5, 0.6) is 0 Å². The van der Waals surface area contributed by atoms with Crippen molar-refractivity contribution in [2.24, 2.45) is 17.3 Å². The van der Waals surface area contributed by atoms with E-state index in [1.54, 1.807) is 6.92 Å². The van der Waals surface area contributed by atoms with Crippen LogP contribution in [0.2, 0.25) is 0 Å². The van der Waals surface area contributed by atoms with Gasteiger partial charge in [-0.25, -0.2) is 0 Å². The molecule has 2 unspecified atom stereocenters. The van der Waals surface area contributed by atoms with Crippen molar-refractivity contribution in [2.75, 3.05) is 0 Å². The van der Waals surface area contributed by atoms with Crippen molar-refractivity contribution >= 4 is 11.8 Å². The fraction of sp³-hybridized carbons (Fsp3) is 0.800. The predicted molar refractivity (Wildman–Crippen MR) is 99.5 cm³/mol. The molecule has 0 heterocycles. The second-order valence-electron chi connectivity index (χ2n) is 8.55. The number of carbonyl (C=O) groups is 2. The number of amides is 2. The monoisotopic (exact) mass is 336 g/mol. The number of nitrogens with one attached hydrogen (secondary N) is 2. The van der Waals surface area contributed by atoms with E-state index in [0.29, 0.717) is 23.8 Å². The van der Waals surface area contributed by atoms with Gasteiger partial charge in [0, 0.05) is 11.6 Å². The van der Waals surface area contributed by atoms with Gasteiger partial charge in [-0.1, -0.05) is 47.6 Å². The third-order valence-electron chi connectivity index (χ3n) is 5.47. The van der Waals surface area contributed by atoms with Gasteiger partial charge < -0.3 is 10.6 Å². The fourth-order valence-corrected chi connectivity index (χ4v) is 3.45. The minimum atomic E-state index is -0.485. The first-order valence-corrected chi connectivity index (χ1v) is 9.32. The molecule has 4 nitrogen and oxygen atoms in total. The lowest BCUT2D eigenvalue weighted by Crippen LogP contribution is -2.52. The summed E-state index contributed by atoms with van der Waals surface area (Å²) < 4.78 is 0. The second kappa shape index (κ2) is 8.68. The molecule has 1 rings (SSSR count). The minimum absolute atomic E-state index is 0.0590. The van der Waals surface area contributed by atoms with E-state index in [1.807, 2.05) is 0 Å². The molecule has 4 heteroatoms. The molecular weight excluding hydrogens is 300 g/mol. The van der Waals surface area contributed by atoms with Crippen molar-refractivity contribution in [3.8, 4) is 0 Å². The molecular formula is C20H36N2O2. The number of carbonyl (C=O) groups excluding carboxylic acids is 2. The van der Waals surface area contributed by atoms with Gasteiger partial charge in [0.25, 0.3) is 0 Å². The number of hydrogen-bond acceptors (Lipinski definition) is 2. The van der Waals surface area contributed by atoms with Crippen LogP contribution in [0, 0.1) is 17.3 Å². The van der Waals surface area contributed by atoms with Gasteiger partial charge in [-0.05, 0) is 49.9 Å². The second-order valence-corrected chi connectivity index (χ2v) is 8.55. The lowest BCUT2D eigenvalue weighted by molar-refractivity contribution is -0.128. The summed E-state index contributed by atoms with van der Waals surface area (Å²) in [5.41, 5.74) is 0.714. The summed E-state index contributed by atoms with van der Waals surface area (Å²) in [6, 6.07) is -0.281. The zero-order chi connectivity index (χ0) is 18.5. The molecule has 1 saturated carbocycles. The number of hydrogen-bond donors (Lipinski definition) is 2. The Hall–Kier alpha value is -1.32. The van der Waals surface area contributed by atoms with Crippen molar-refractivity contribution in [2.45, 2.75) is 85.7 Å². The predicted octanol–water partition coefficient (Wildman–Crippen LogP) is 3.81. The van der Waals surface area contributed by atoms with Crippen LogP contribution in [0.4, 0.5) is 0 Å². The summed E-state index contributed by atoms with van der Waals surface area (Å²) in [7, 11) is 0. The molecule has 0 radical (unpaired) electrons. The highest BCUT2D eigenvalue weighted by Crippen LogP contribution is 2.41. The van der Waals surface area contributed by atoms with E-state index in [1.165, 1.54) is 6.42 Å². The smallest absolute Gasteiger partial charge is 0.246 e. The Balaban J connectivity index is 2.73. The van der Waals surface area contributed by atoms with E-state index in [4.69, 9.17) is 0 Å². The van der Waals surface area contributed by atoms with Crippen LogP contribution >= 0.6 is 0 Å². The standard InChI is InChI=1S/C20H36N2O2/c1-13(2)11-17(22-18(23)14(3)4)19(24)21-16-9-8-10-20(7,12-16)15(5)6/h13,15-17H,3,8-12H2,1-2,4-7H3,(H,21,24)(H,22,23)/t16?,17-,20?/m0/s1. The van der Waals surface area contributed by atoms with Gasteiger partial charge >= 0.3 is 0 Å². The first-order valence-electron chi connectivity index (χ1n) is 9.32. The van der Waals surface area contributed by atoms with Crippen LogP contribution in [0.1, 0.15) is 73.6 Å². The topological polar surface area (TPSA) is 58.2 Å². The van der Waals surface area contributed by atoms with Crippen molar-refractivity contribution in [3.63, 3.8) is 0 Å². The molecule has 24 heavy (non-hydrogen) atoms. The Bertz CT molecular complexity index is 470. The van der Waals surface area contributed by atoms with E-state index in [0.717, 1.165) is 19.3 Å². The molecule has 2 N–H and O–H groups in total. The van der Waals surface area contributed by atoms with Gasteiger partial charge in [-0.2, -0.15) is 0 Å². The third kappa shape index (κ3) is 5.95. The molecule has 0 aliphatic heterocycles. The van der Waals surface area contributed by atoms with Crippen molar-refractivity contribution in [3.05, 3.63) is 12.2 Å². The zero-order valence-corrected chi connectivity index (χ0v) is 16.4. The highest BCUT2D eigenvalue weighted by Gasteiger charge is 2.36. The average molecular weight is 337 g/mol. The van der Waals surface area contributed by atoms with Gasteiger partial charge in [0.15, 0.2) is 0 Å². The molecule has 0 aromatic rings. The molecule has 1 aliphatic carbocycles.